The third-order valence-corrected chi connectivity index (χ3v) is 5.70. The summed E-state index contributed by atoms with van der Waals surface area (Å²) < 4.78 is 42.2. The first-order chi connectivity index (χ1) is 9.87. The summed E-state index contributed by atoms with van der Waals surface area (Å²) in [5.41, 5.74) is 5.64. The monoisotopic (exact) mass is 378 g/mol. The van der Waals surface area contributed by atoms with Crippen LogP contribution in [0.2, 0.25) is 0 Å². The number of nitrogens with one attached hydrogen (secondary N) is 1. The van der Waals surface area contributed by atoms with Crippen molar-refractivity contribution in [1.82, 2.24) is 4.72 Å². The predicted molar refractivity (Wildman–Crippen MR) is 83.7 cm³/mol. The van der Waals surface area contributed by atoms with Crippen LogP contribution in [-0.4, -0.2) is 14.5 Å². The average Bonchev–Trinajstić information content (AvgIpc) is 3.23. The van der Waals surface area contributed by atoms with Crippen LogP contribution in [0, 0.1) is 11.7 Å². The Hall–Kier alpha value is -0.500. The minimum absolute atomic E-state index is 0.0485. The van der Waals surface area contributed by atoms with Gasteiger partial charge in [0.25, 0.3) is 0 Å². The van der Waals surface area contributed by atoms with Gasteiger partial charge in [-0.15, -0.1) is 0 Å². The molecule has 2 rings (SSSR count). The molecule has 1 aromatic rings. The van der Waals surface area contributed by atoms with E-state index in [1.54, 1.807) is 0 Å². The molecule has 0 aliphatic heterocycles. The molecule has 0 heterocycles. The number of hydrogen-bond acceptors (Lipinski definition) is 3. The van der Waals surface area contributed by atoms with Crippen molar-refractivity contribution in [3.05, 3.63) is 28.0 Å². The number of rotatable bonds is 7. The van der Waals surface area contributed by atoms with E-state index in [0.717, 1.165) is 19.3 Å². The highest BCUT2D eigenvalue weighted by atomic mass is 79.9. The van der Waals surface area contributed by atoms with Gasteiger partial charge in [-0.3, -0.25) is 0 Å². The second kappa shape index (κ2) is 6.73. The highest BCUT2D eigenvalue weighted by Gasteiger charge is 2.29. The molecule has 1 saturated carbocycles. The molecule has 1 unspecified atom stereocenters. The van der Waals surface area contributed by atoms with Crippen molar-refractivity contribution >= 4 is 26.0 Å². The first-order valence-corrected chi connectivity index (χ1v) is 9.35. The molecule has 1 fully saturated rings. The lowest BCUT2D eigenvalue weighted by Crippen LogP contribution is -2.35. The molecule has 0 bridgehead atoms. The molecule has 1 aromatic carbocycles. The van der Waals surface area contributed by atoms with Gasteiger partial charge in [-0.1, -0.05) is 35.7 Å². The molecule has 4 nitrogen and oxygen atoms in total. The molecule has 0 spiro atoms. The van der Waals surface area contributed by atoms with Gasteiger partial charge in [0.15, 0.2) is 0 Å². The summed E-state index contributed by atoms with van der Waals surface area (Å²) >= 11 is 3.20. The van der Waals surface area contributed by atoms with Crippen LogP contribution in [-0.2, 0) is 16.6 Å². The zero-order valence-electron chi connectivity index (χ0n) is 11.9. The van der Waals surface area contributed by atoms with Gasteiger partial charge in [-0.25, -0.2) is 17.5 Å². The van der Waals surface area contributed by atoms with Crippen molar-refractivity contribution in [1.29, 1.82) is 0 Å². The van der Waals surface area contributed by atoms with E-state index in [2.05, 4.69) is 20.7 Å². The van der Waals surface area contributed by atoms with Crippen molar-refractivity contribution in [2.75, 3.05) is 0 Å². The fourth-order valence-electron chi connectivity index (χ4n) is 2.30. The van der Waals surface area contributed by atoms with Crippen LogP contribution >= 0.6 is 15.9 Å². The minimum atomic E-state index is -3.89. The lowest BCUT2D eigenvalue weighted by molar-refractivity contribution is 0.489. The Morgan fingerprint density at radius 1 is 1.48 bits per heavy atom. The Balaban J connectivity index is 2.27. The maximum atomic E-state index is 14.3. The van der Waals surface area contributed by atoms with Crippen LogP contribution < -0.4 is 10.5 Å². The quantitative estimate of drug-likeness (QED) is 0.765. The fourth-order valence-corrected chi connectivity index (χ4v) is 4.43. The van der Waals surface area contributed by atoms with E-state index in [1.807, 2.05) is 6.92 Å². The Bertz CT molecular complexity index is 618. The zero-order valence-corrected chi connectivity index (χ0v) is 14.3. The van der Waals surface area contributed by atoms with E-state index < -0.39 is 15.8 Å². The molecule has 7 heteroatoms. The number of hydrogen-bond donors (Lipinski definition) is 2. The largest absolute Gasteiger partial charge is 0.326 e. The molecular weight excluding hydrogens is 359 g/mol. The first kappa shape index (κ1) is 16.9. The number of halogens is 2. The van der Waals surface area contributed by atoms with Crippen LogP contribution in [0.25, 0.3) is 0 Å². The number of nitrogens with two attached hydrogens (primary N) is 1. The van der Waals surface area contributed by atoms with Crippen molar-refractivity contribution in [3.8, 4) is 0 Å². The van der Waals surface area contributed by atoms with Gasteiger partial charge >= 0.3 is 0 Å². The lowest BCUT2D eigenvalue weighted by Gasteiger charge is -2.18. The number of benzene rings is 1. The molecule has 0 saturated heterocycles. The van der Waals surface area contributed by atoms with Crippen LogP contribution in [0.3, 0.4) is 0 Å². The predicted octanol–water partition coefficient (Wildman–Crippen LogP) is 2.90. The highest BCUT2D eigenvalue weighted by molar-refractivity contribution is 9.10. The minimum Gasteiger partial charge on any atom is -0.326 e. The van der Waals surface area contributed by atoms with Gasteiger partial charge in [0.2, 0.25) is 10.0 Å². The lowest BCUT2D eigenvalue weighted by atomic mass is 10.1. The fraction of sp³-hybridized carbons (Fsp3) is 0.571. The van der Waals surface area contributed by atoms with Crippen LogP contribution in [0.5, 0.6) is 0 Å². The molecule has 3 N–H and O–H groups in total. The molecule has 0 radical (unpaired) electrons. The second-order valence-corrected chi connectivity index (χ2v) is 8.08. The van der Waals surface area contributed by atoms with Crippen LogP contribution in [0.1, 0.15) is 38.2 Å². The molecule has 1 aliphatic rings. The summed E-state index contributed by atoms with van der Waals surface area (Å²) in [4.78, 5) is -0.341. The molecule has 1 aliphatic carbocycles. The third kappa shape index (κ3) is 4.25. The summed E-state index contributed by atoms with van der Waals surface area (Å²) in [6.07, 6.45) is 3.81. The Morgan fingerprint density at radius 3 is 2.67 bits per heavy atom. The SMILES string of the molecule is CCC(CC1CC1)NS(=O)(=O)c1cc(Br)cc(CN)c1F. The van der Waals surface area contributed by atoms with Gasteiger partial charge in [0, 0.05) is 22.6 Å². The Morgan fingerprint density at radius 2 is 2.14 bits per heavy atom. The third-order valence-electron chi connectivity index (χ3n) is 3.72. The van der Waals surface area contributed by atoms with Gasteiger partial charge in [-0.2, -0.15) is 0 Å². The Labute approximate surface area is 133 Å². The summed E-state index contributed by atoms with van der Waals surface area (Å²) in [7, 11) is -3.89. The van der Waals surface area contributed by atoms with Crippen molar-refractivity contribution in [2.24, 2.45) is 11.7 Å². The maximum Gasteiger partial charge on any atom is 0.243 e. The topological polar surface area (TPSA) is 72.2 Å². The van der Waals surface area contributed by atoms with Crippen molar-refractivity contribution < 1.29 is 12.8 Å². The molecule has 0 aromatic heterocycles. The summed E-state index contributed by atoms with van der Waals surface area (Å²) in [5, 5.41) is 0. The van der Waals surface area contributed by atoms with Crippen molar-refractivity contribution in [2.45, 2.75) is 50.1 Å². The summed E-state index contributed by atoms with van der Waals surface area (Å²) in [6.45, 7) is 1.88. The molecular formula is C14H20BrFN2O2S. The zero-order chi connectivity index (χ0) is 15.6. The van der Waals surface area contributed by atoms with Gasteiger partial charge < -0.3 is 5.73 Å². The standard InChI is InChI=1S/C14H20BrFN2O2S/c1-2-12(5-9-3-4-9)18-21(19,20)13-7-11(15)6-10(8-17)14(13)16/h6-7,9,12,18H,2-5,8,17H2,1H3. The van der Waals surface area contributed by atoms with E-state index in [4.69, 9.17) is 5.73 Å². The van der Waals surface area contributed by atoms with E-state index in [0.29, 0.717) is 16.8 Å². The number of sulfonamides is 1. The van der Waals surface area contributed by atoms with E-state index >= 15 is 0 Å². The molecule has 1 atom stereocenters. The van der Waals surface area contributed by atoms with E-state index in [-0.39, 0.29) is 23.0 Å². The second-order valence-electron chi connectivity index (χ2n) is 5.49. The first-order valence-electron chi connectivity index (χ1n) is 7.07. The Kier molecular flexibility index (Phi) is 5.40. The summed E-state index contributed by atoms with van der Waals surface area (Å²) in [6, 6.07) is 2.62. The normalized spacial score (nSPS) is 17.0. The van der Waals surface area contributed by atoms with Crippen molar-refractivity contribution in [3.63, 3.8) is 0 Å². The van der Waals surface area contributed by atoms with Gasteiger partial charge in [-0.05, 0) is 30.9 Å². The molecule has 0 amide bonds. The van der Waals surface area contributed by atoms with Gasteiger partial charge in [0.1, 0.15) is 10.7 Å². The van der Waals surface area contributed by atoms with Crippen LogP contribution in [0.15, 0.2) is 21.5 Å². The molecule has 118 valence electrons. The van der Waals surface area contributed by atoms with E-state index in [1.165, 1.54) is 12.1 Å². The smallest absolute Gasteiger partial charge is 0.243 e. The summed E-state index contributed by atoms with van der Waals surface area (Å²) in [5.74, 6) is -0.168. The van der Waals surface area contributed by atoms with Crippen LogP contribution in [0.4, 0.5) is 4.39 Å². The highest BCUT2D eigenvalue weighted by Crippen LogP contribution is 2.34. The van der Waals surface area contributed by atoms with Gasteiger partial charge in [0.05, 0.1) is 0 Å². The maximum absolute atomic E-state index is 14.3. The van der Waals surface area contributed by atoms with E-state index in [9.17, 15) is 12.8 Å². The molecule has 21 heavy (non-hydrogen) atoms. The average molecular weight is 379 g/mol.